The summed E-state index contributed by atoms with van der Waals surface area (Å²) in [6.07, 6.45) is 2.01. The summed E-state index contributed by atoms with van der Waals surface area (Å²) in [6.45, 7) is 7.32. The van der Waals surface area contributed by atoms with Crippen LogP contribution in [0.25, 0.3) is 22.0 Å². The van der Waals surface area contributed by atoms with E-state index in [2.05, 4.69) is 69.4 Å². The van der Waals surface area contributed by atoms with Crippen molar-refractivity contribution in [3.63, 3.8) is 0 Å². The molecule has 1 saturated heterocycles. The molecule has 0 amide bonds. The summed E-state index contributed by atoms with van der Waals surface area (Å²) >= 11 is 0. The van der Waals surface area contributed by atoms with Crippen molar-refractivity contribution < 1.29 is 0 Å². The van der Waals surface area contributed by atoms with E-state index in [4.69, 9.17) is 0 Å². The Bertz CT molecular complexity index is 815. The third kappa shape index (κ3) is 2.76. The van der Waals surface area contributed by atoms with Crippen molar-refractivity contribution in [1.29, 1.82) is 0 Å². The van der Waals surface area contributed by atoms with Crippen LogP contribution in [0, 0.1) is 6.92 Å². The van der Waals surface area contributed by atoms with Gasteiger partial charge in [0.15, 0.2) is 0 Å². The Balaban J connectivity index is 1.73. The smallest absolute Gasteiger partial charge is 0.0936 e. The summed E-state index contributed by atoms with van der Waals surface area (Å²) in [5, 5.41) is 9.29. The molecule has 0 radical (unpaired) electrons. The third-order valence-electron chi connectivity index (χ3n) is 4.67. The average molecular weight is 306 g/mol. The van der Waals surface area contributed by atoms with Crippen molar-refractivity contribution in [2.45, 2.75) is 13.6 Å². The van der Waals surface area contributed by atoms with Gasteiger partial charge in [-0.3, -0.25) is 9.58 Å². The number of fused-ring (bicyclic) bond motifs is 1. The maximum Gasteiger partial charge on any atom is 0.0936 e. The molecule has 1 aliphatic rings. The first-order chi connectivity index (χ1) is 11.3. The quantitative estimate of drug-likeness (QED) is 0.808. The van der Waals surface area contributed by atoms with E-state index in [0.717, 1.165) is 32.8 Å². The van der Waals surface area contributed by atoms with Crippen LogP contribution in [0.3, 0.4) is 0 Å². The van der Waals surface area contributed by atoms with Gasteiger partial charge in [0.25, 0.3) is 0 Å². The van der Waals surface area contributed by atoms with E-state index in [-0.39, 0.29) is 0 Å². The SMILES string of the molecule is Cc1ccccc1-c1cccc2c1cnn2CN1CCNCC1. The van der Waals surface area contributed by atoms with E-state index in [1.54, 1.807) is 0 Å². The summed E-state index contributed by atoms with van der Waals surface area (Å²) in [5.41, 5.74) is 5.08. The maximum atomic E-state index is 4.66. The second-order valence-corrected chi connectivity index (χ2v) is 6.21. The second kappa shape index (κ2) is 6.14. The summed E-state index contributed by atoms with van der Waals surface area (Å²) in [6, 6.07) is 15.1. The highest BCUT2D eigenvalue weighted by Gasteiger charge is 2.14. The molecule has 1 N–H and O–H groups in total. The van der Waals surface area contributed by atoms with Gasteiger partial charge in [0, 0.05) is 31.6 Å². The minimum Gasteiger partial charge on any atom is -0.314 e. The Morgan fingerprint density at radius 1 is 1.00 bits per heavy atom. The van der Waals surface area contributed by atoms with Crippen LogP contribution in [-0.4, -0.2) is 40.9 Å². The number of aryl methyl sites for hydroxylation is 1. The molecule has 118 valence electrons. The molecular formula is C19H22N4. The predicted molar refractivity (Wildman–Crippen MR) is 94.3 cm³/mol. The molecule has 0 aliphatic carbocycles. The lowest BCUT2D eigenvalue weighted by Gasteiger charge is -2.27. The zero-order valence-corrected chi connectivity index (χ0v) is 13.5. The molecule has 2 aromatic carbocycles. The van der Waals surface area contributed by atoms with Gasteiger partial charge in [0.1, 0.15) is 0 Å². The van der Waals surface area contributed by atoms with Crippen molar-refractivity contribution in [3.8, 4) is 11.1 Å². The molecule has 0 unspecified atom stereocenters. The highest BCUT2D eigenvalue weighted by molar-refractivity contribution is 5.95. The number of hydrogen-bond donors (Lipinski definition) is 1. The van der Waals surface area contributed by atoms with Gasteiger partial charge in [-0.2, -0.15) is 5.10 Å². The van der Waals surface area contributed by atoms with Gasteiger partial charge in [-0.05, 0) is 29.7 Å². The summed E-state index contributed by atoms with van der Waals surface area (Å²) in [4.78, 5) is 2.45. The Labute approximate surface area is 136 Å². The van der Waals surface area contributed by atoms with Gasteiger partial charge < -0.3 is 5.32 Å². The first-order valence-electron chi connectivity index (χ1n) is 8.26. The number of nitrogens with zero attached hydrogens (tertiary/aromatic N) is 3. The minimum absolute atomic E-state index is 0.863. The van der Waals surface area contributed by atoms with Gasteiger partial charge in [0.05, 0.1) is 18.4 Å². The zero-order valence-electron chi connectivity index (χ0n) is 13.5. The van der Waals surface area contributed by atoms with Crippen LogP contribution in [0.2, 0.25) is 0 Å². The first-order valence-corrected chi connectivity index (χ1v) is 8.26. The number of hydrogen-bond acceptors (Lipinski definition) is 3. The maximum absolute atomic E-state index is 4.66. The normalized spacial score (nSPS) is 16.0. The van der Waals surface area contributed by atoms with Gasteiger partial charge in [-0.15, -0.1) is 0 Å². The molecule has 0 bridgehead atoms. The fourth-order valence-electron chi connectivity index (χ4n) is 3.37. The van der Waals surface area contributed by atoms with Crippen molar-refractivity contribution in [3.05, 3.63) is 54.2 Å². The monoisotopic (exact) mass is 306 g/mol. The van der Waals surface area contributed by atoms with E-state index in [1.807, 2.05) is 6.20 Å². The highest BCUT2D eigenvalue weighted by atomic mass is 15.4. The molecule has 0 atom stereocenters. The molecule has 1 aliphatic heterocycles. The van der Waals surface area contributed by atoms with Crippen LogP contribution in [-0.2, 0) is 6.67 Å². The Morgan fingerprint density at radius 2 is 1.78 bits per heavy atom. The first kappa shape index (κ1) is 14.4. The average Bonchev–Trinajstić information content (AvgIpc) is 3.00. The fraction of sp³-hybridized carbons (Fsp3) is 0.316. The van der Waals surface area contributed by atoms with Crippen molar-refractivity contribution >= 4 is 10.9 Å². The third-order valence-corrected chi connectivity index (χ3v) is 4.67. The van der Waals surface area contributed by atoms with E-state index >= 15 is 0 Å². The molecule has 4 nitrogen and oxygen atoms in total. The zero-order chi connectivity index (χ0) is 15.6. The van der Waals surface area contributed by atoms with Crippen LogP contribution in [0.4, 0.5) is 0 Å². The summed E-state index contributed by atoms with van der Waals surface area (Å²) < 4.78 is 2.13. The van der Waals surface area contributed by atoms with E-state index in [1.165, 1.54) is 27.6 Å². The molecule has 4 heteroatoms. The van der Waals surface area contributed by atoms with E-state index in [9.17, 15) is 0 Å². The molecule has 2 heterocycles. The summed E-state index contributed by atoms with van der Waals surface area (Å²) in [5.74, 6) is 0. The molecular weight excluding hydrogens is 284 g/mol. The van der Waals surface area contributed by atoms with Crippen LogP contribution >= 0.6 is 0 Å². The van der Waals surface area contributed by atoms with Crippen molar-refractivity contribution in [2.75, 3.05) is 26.2 Å². The number of nitrogens with one attached hydrogen (secondary N) is 1. The Hall–Kier alpha value is -2.17. The standard InChI is InChI=1S/C19H22N4/c1-15-5-2-3-6-16(15)17-7-4-8-19-18(17)13-21-23(19)14-22-11-9-20-10-12-22/h2-8,13,20H,9-12,14H2,1H3. The molecule has 0 saturated carbocycles. The topological polar surface area (TPSA) is 33.1 Å². The Morgan fingerprint density at radius 3 is 2.61 bits per heavy atom. The second-order valence-electron chi connectivity index (χ2n) is 6.21. The van der Waals surface area contributed by atoms with Crippen LogP contribution < -0.4 is 5.32 Å². The molecule has 1 fully saturated rings. The Kier molecular flexibility index (Phi) is 3.85. The lowest BCUT2D eigenvalue weighted by atomic mass is 9.98. The molecule has 1 aromatic heterocycles. The number of aromatic nitrogens is 2. The fourth-order valence-corrected chi connectivity index (χ4v) is 3.37. The van der Waals surface area contributed by atoms with E-state index < -0.39 is 0 Å². The van der Waals surface area contributed by atoms with Crippen molar-refractivity contribution in [2.24, 2.45) is 0 Å². The number of benzene rings is 2. The molecule has 0 spiro atoms. The number of piperazine rings is 1. The van der Waals surface area contributed by atoms with Gasteiger partial charge in [0.2, 0.25) is 0 Å². The molecule has 23 heavy (non-hydrogen) atoms. The largest absolute Gasteiger partial charge is 0.314 e. The molecule has 3 aromatic rings. The number of rotatable bonds is 3. The lowest BCUT2D eigenvalue weighted by Crippen LogP contribution is -2.44. The lowest BCUT2D eigenvalue weighted by molar-refractivity contribution is 0.187. The predicted octanol–water partition coefficient (Wildman–Crippen LogP) is 2.87. The van der Waals surface area contributed by atoms with Gasteiger partial charge >= 0.3 is 0 Å². The minimum atomic E-state index is 0.863. The van der Waals surface area contributed by atoms with Crippen LogP contribution in [0.15, 0.2) is 48.7 Å². The summed E-state index contributed by atoms with van der Waals surface area (Å²) in [7, 11) is 0. The van der Waals surface area contributed by atoms with Crippen LogP contribution in [0.1, 0.15) is 5.56 Å². The van der Waals surface area contributed by atoms with Gasteiger partial charge in [-0.25, -0.2) is 0 Å². The highest BCUT2D eigenvalue weighted by Crippen LogP contribution is 2.30. The van der Waals surface area contributed by atoms with Crippen molar-refractivity contribution in [1.82, 2.24) is 20.0 Å². The van der Waals surface area contributed by atoms with E-state index in [0.29, 0.717) is 0 Å². The molecule has 4 rings (SSSR count). The van der Waals surface area contributed by atoms with Gasteiger partial charge in [-0.1, -0.05) is 36.4 Å². The van der Waals surface area contributed by atoms with Crippen LogP contribution in [0.5, 0.6) is 0 Å².